The lowest BCUT2D eigenvalue weighted by Crippen LogP contribution is -2.05. The molecule has 0 saturated carbocycles. The second-order valence-electron chi connectivity index (χ2n) is 7.10. The third kappa shape index (κ3) is 3.83. The molecule has 3 aromatic carbocycles. The first-order chi connectivity index (χ1) is 14.0. The fourth-order valence-corrected chi connectivity index (χ4v) is 3.19. The quantitative estimate of drug-likeness (QED) is 0.434. The van der Waals surface area contributed by atoms with Gasteiger partial charge in [-0.1, -0.05) is 47.5 Å². The molecule has 0 amide bonds. The lowest BCUT2D eigenvalue weighted by Gasteiger charge is -2.04. The van der Waals surface area contributed by atoms with E-state index in [1.807, 2.05) is 68.6 Å². The van der Waals surface area contributed by atoms with Gasteiger partial charge in [-0.25, -0.2) is 4.68 Å². The fraction of sp³-hybridized carbons (Fsp3) is 0.120. The molecule has 4 rings (SSSR count). The molecule has 0 radical (unpaired) electrons. The maximum absolute atomic E-state index is 13.3. The second-order valence-corrected chi connectivity index (χ2v) is 7.10. The summed E-state index contributed by atoms with van der Waals surface area (Å²) in [5, 5.41) is 4.66. The van der Waals surface area contributed by atoms with E-state index >= 15 is 0 Å². The third-order valence-electron chi connectivity index (χ3n) is 4.94. The van der Waals surface area contributed by atoms with Crippen molar-refractivity contribution in [3.05, 3.63) is 101 Å². The van der Waals surface area contributed by atoms with Gasteiger partial charge in [0.15, 0.2) is 0 Å². The number of carbonyl (C=O) groups is 1. The fourth-order valence-electron chi connectivity index (χ4n) is 3.19. The van der Waals surface area contributed by atoms with Crippen LogP contribution in [0.15, 0.2) is 79.0 Å². The Bertz CT molecular complexity index is 1140. The minimum Gasteiger partial charge on any atom is -0.497 e. The summed E-state index contributed by atoms with van der Waals surface area (Å²) < 4.78 is 6.97. The van der Waals surface area contributed by atoms with Gasteiger partial charge in [-0.15, -0.1) is 0 Å². The van der Waals surface area contributed by atoms with Crippen molar-refractivity contribution < 1.29 is 9.53 Å². The molecule has 1 aromatic heterocycles. The molecule has 0 fully saturated rings. The molecule has 0 N–H and O–H groups in total. The Hall–Kier alpha value is -3.66. The number of ether oxygens (including phenoxy) is 1. The Morgan fingerprint density at radius 1 is 0.828 bits per heavy atom. The Morgan fingerprint density at radius 3 is 2.00 bits per heavy atom. The minimum atomic E-state index is -0.117. The molecular formula is C25H22N2O2. The highest BCUT2D eigenvalue weighted by atomic mass is 16.5. The van der Waals surface area contributed by atoms with Crippen LogP contribution in [0.5, 0.6) is 5.75 Å². The molecule has 0 saturated heterocycles. The van der Waals surface area contributed by atoms with Crippen LogP contribution in [0.2, 0.25) is 0 Å². The van der Waals surface area contributed by atoms with Gasteiger partial charge in [0.25, 0.3) is 0 Å². The van der Waals surface area contributed by atoms with Gasteiger partial charge in [0, 0.05) is 17.3 Å². The van der Waals surface area contributed by atoms with Gasteiger partial charge in [0.1, 0.15) is 11.4 Å². The molecule has 0 aliphatic heterocycles. The van der Waals surface area contributed by atoms with Crippen LogP contribution in [0.3, 0.4) is 0 Å². The molecule has 0 atom stereocenters. The molecule has 0 bridgehead atoms. The Morgan fingerprint density at radius 2 is 1.41 bits per heavy atom. The molecule has 0 unspecified atom stereocenters. The number of hydrogen-bond donors (Lipinski definition) is 0. The topological polar surface area (TPSA) is 44.1 Å². The number of ketones is 1. The highest BCUT2D eigenvalue weighted by Crippen LogP contribution is 2.27. The smallest absolute Gasteiger partial charge is 0.213 e. The van der Waals surface area contributed by atoms with Gasteiger partial charge in [-0.3, -0.25) is 4.79 Å². The van der Waals surface area contributed by atoms with Gasteiger partial charge in [0.2, 0.25) is 5.78 Å². The predicted molar refractivity (Wildman–Crippen MR) is 115 cm³/mol. The average molecular weight is 382 g/mol. The Kier molecular flexibility index (Phi) is 5.00. The van der Waals surface area contributed by atoms with E-state index in [0.29, 0.717) is 17.0 Å². The van der Waals surface area contributed by atoms with E-state index in [2.05, 4.69) is 5.10 Å². The average Bonchev–Trinajstić information content (AvgIpc) is 3.19. The number of aryl methyl sites for hydroxylation is 2. The van der Waals surface area contributed by atoms with Gasteiger partial charge in [0.05, 0.1) is 12.8 Å². The summed E-state index contributed by atoms with van der Waals surface area (Å²) in [5.41, 5.74) is 6.04. The lowest BCUT2D eigenvalue weighted by molar-refractivity contribution is 0.103. The minimum absolute atomic E-state index is 0.117. The number of rotatable bonds is 5. The number of methoxy groups -OCH3 is 1. The first-order valence-corrected chi connectivity index (χ1v) is 9.47. The summed E-state index contributed by atoms with van der Waals surface area (Å²) in [6.45, 7) is 4.09. The molecule has 144 valence electrons. The molecule has 4 aromatic rings. The van der Waals surface area contributed by atoms with Crippen LogP contribution >= 0.6 is 0 Å². The van der Waals surface area contributed by atoms with Crippen molar-refractivity contribution in [3.63, 3.8) is 0 Å². The van der Waals surface area contributed by atoms with E-state index in [1.54, 1.807) is 36.1 Å². The summed E-state index contributed by atoms with van der Waals surface area (Å²) in [7, 11) is 1.61. The van der Waals surface area contributed by atoms with E-state index < -0.39 is 0 Å². The van der Waals surface area contributed by atoms with Gasteiger partial charge in [-0.05, 0) is 55.8 Å². The Labute approximate surface area is 170 Å². The van der Waals surface area contributed by atoms with Gasteiger partial charge >= 0.3 is 0 Å². The third-order valence-corrected chi connectivity index (χ3v) is 4.94. The molecule has 0 aliphatic carbocycles. The zero-order valence-corrected chi connectivity index (χ0v) is 16.7. The van der Waals surface area contributed by atoms with Crippen LogP contribution in [0.1, 0.15) is 27.2 Å². The van der Waals surface area contributed by atoms with Crippen LogP contribution in [0, 0.1) is 13.8 Å². The van der Waals surface area contributed by atoms with Crippen molar-refractivity contribution in [2.45, 2.75) is 13.8 Å². The molecule has 0 aliphatic rings. The van der Waals surface area contributed by atoms with Crippen LogP contribution in [-0.4, -0.2) is 22.7 Å². The highest BCUT2D eigenvalue weighted by molar-refractivity contribution is 6.11. The largest absolute Gasteiger partial charge is 0.497 e. The van der Waals surface area contributed by atoms with Crippen molar-refractivity contribution in [3.8, 4) is 22.6 Å². The van der Waals surface area contributed by atoms with E-state index in [0.717, 1.165) is 16.8 Å². The van der Waals surface area contributed by atoms with Crippen LogP contribution in [0.4, 0.5) is 0 Å². The van der Waals surface area contributed by atoms with E-state index in [1.165, 1.54) is 11.1 Å². The summed E-state index contributed by atoms with van der Waals surface area (Å²) in [5.74, 6) is 0.597. The van der Waals surface area contributed by atoms with E-state index in [4.69, 9.17) is 4.74 Å². The summed E-state index contributed by atoms with van der Waals surface area (Å²) in [6, 6.07) is 23.3. The maximum Gasteiger partial charge on any atom is 0.213 e. The van der Waals surface area contributed by atoms with Crippen molar-refractivity contribution in [2.24, 2.45) is 0 Å². The maximum atomic E-state index is 13.3. The Balaban J connectivity index is 1.82. The van der Waals surface area contributed by atoms with Crippen molar-refractivity contribution >= 4 is 5.78 Å². The van der Waals surface area contributed by atoms with Crippen LogP contribution in [0.25, 0.3) is 16.8 Å². The highest BCUT2D eigenvalue weighted by Gasteiger charge is 2.20. The second kappa shape index (κ2) is 7.76. The standard InChI is InChI=1S/C25H22N2O2/c1-17-4-8-19(9-5-17)23-16-27(21-12-6-18(2)7-13-21)26-24(23)25(28)20-10-14-22(29-3)15-11-20/h4-16H,1-3H3. The van der Waals surface area contributed by atoms with Gasteiger partial charge in [-0.2, -0.15) is 5.10 Å². The number of carbonyl (C=O) groups excluding carboxylic acids is 1. The first kappa shape index (κ1) is 18.7. The number of benzene rings is 3. The van der Waals surface area contributed by atoms with Crippen LogP contribution in [-0.2, 0) is 0 Å². The molecule has 4 heteroatoms. The number of hydrogen-bond acceptors (Lipinski definition) is 3. The van der Waals surface area contributed by atoms with Crippen molar-refractivity contribution in [1.82, 2.24) is 9.78 Å². The van der Waals surface area contributed by atoms with Crippen LogP contribution < -0.4 is 4.74 Å². The summed E-state index contributed by atoms with van der Waals surface area (Å²) in [6.07, 6.45) is 1.92. The molecule has 0 spiro atoms. The van der Waals surface area contributed by atoms with E-state index in [9.17, 15) is 4.79 Å². The SMILES string of the molecule is COc1ccc(C(=O)c2nn(-c3ccc(C)cc3)cc2-c2ccc(C)cc2)cc1. The number of nitrogens with zero attached hydrogens (tertiary/aromatic N) is 2. The molecule has 1 heterocycles. The normalized spacial score (nSPS) is 10.7. The number of aromatic nitrogens is 2. The molecule has 29 heavy (non-hydrogen) atoms. The van der Waals surface area contributed by atoms with E-state index in [-0.39, 0.29) is 5.78 Å². The van der Waals surface area contributed by atoms with Crippen molar-refractivity contribution in [1.29, 1.82) is 0 Å². The summed E-state index contributed by atoms with van der Waals surface area (Å²) in [4.78, 5) is 13.3. The molecular weight excluding hydrogens is 360 g/mol. The first-order valence-electron chi connectivity index (χ1n) is 9.47. The zero-order valence-electron chi connectivity index (χ0n) is 16.7. The van der Waals surface area contributed by atoms with Gasteiger partial charge < -0.3 is 4.74 Å². The molecule has 4 nitrogen and oxygen atoms in total. The zero-order chi connectivity index (χ0) is 20.4. The summed E-state index contributed by atoms with van der Waals surface area (Å²) >= 11 is 0. The predicted octanol–water partition coefficient (Wildman–Crippen LogP) is 5.40. The van der Waals surface area contributed by atoms with Crippen molar-refractivity contribution in [2.75, 3.05) is 7.11 Å². The lowest BCUT2D eigenvalue weighted by atomic mass is 10.00. The monoisotopic (exact) mass is 382 g/mol.